The van der Waals surface area contributed by atoms with Crippen LogP contribution in [0, 0.1) is 0 Å². The number of aromatic amines is 1. The predicted octanol–water partition coefficient (Wildman–Crippen LogP) is 4.16. The molecule has 0 aliphatic carbocycles. The topological polar surface area (TPSA) is 85.2 Å². The van der Waals surface area contributed by atoms with Gasteiger partial charge in [-0.15, -0.1) is 15.3 Å². The summed E-state index contributed by atoms with van der Waals surface area (Å²) < 4.78 is 28.9. The van der Waals surface area contributed by atoms with Crippen molar-refractivity contribution in [3.63, 3.8) is 0 Å². The zero-order chi connectivity index (χ0) is 21.8. The lowest BCUT2D eigenvalue weighted by molar-refractivity contribution is 0.00756. The summed E-state index contributed by atoms with van der Waals surface area (Å²) in [5, 5.41) is 18.1. The van der Waals surface area contributed by atoms with Gasteiger partial charge in [-0.25, -0.2) is 9.67 Å². The average Bonchev–Trinajstić information content (AvgIpc) is 3.41. The standard InChI is InChI=1S/C22H23F2N7/c1-3-5-19-25-21(22(2,23)24)28-31(19)14-16-10-8-15(9-11-16)12-17-6-4-7-18(13-17)20-26-29-30-27-20/h4,6-11,13H,3,5,12,14H2,1-2H3,(H,26,27,29,30). The molecule has 4 rings (SSSR count). The highest BCUT2D eigenvalue weighted by Crippen LogP contribution is 2.24. The van der Waals surface area contributed by atoms with Crippen LogP contribution in [-0.2, 0) is 25.3 Å². The Kier molecular flexibility index (Phi) is 5.83. The zero-order valence-corrected chi connectivity index (χ0v) is 17.4. The number of aryl methyl sites for hydroxylation is 1. The van der Waals surface area contributed by atoms with E-state index in [-0.39, 0.29) is 0 Å². The van der Waals surface area contributed by atoms with Crippen molar-refractivity contribution >= 4 is 0 Å². The second-order valence-electron chi connectivity index (χ2n) is 7.58. The second kappa shape index (κ2) is 8.71. The van der Waals surface area contributed by atoms with Gasteiger partial charge in [-0.1, -0.05) is 49.4 Å². The molecule has 0 radical (unpaired) electrons. The molecule has 0 saturated heterocycles. The predicted molar refractivity (Wildman–Crippen MR) is 112 cm³/mol. The number of hydrogen-bond acceptors (Lipinski definition) is 5. The van der Waals surface area contributed by atoms with E-state index in [0.29, 0.717) is 24.6 Å². The van der Waals surface area contributed by atoms with Crippen molar-refractivity contribution in [3.8, 4) is 11.4 Å². The first-order valence-corrected chi connectivity index (χ1v) is 10.1. The molecule has 0 aliphatic rings. The van der Waals surface area contributed by atoms with Crippen LogP contribution in [0.25, 0.3) is 11.4 Å². The molecule has 4 aromatic rings. The van der Waals surface area contributed by atoms with Gasteiger partial charge in [-0.05, 0) is 40.8 Å². The van der Waals surface area contributed by atoms with Crippen molar-refractivity contribution in [3.05, 3.63) is 76.9 Å². The van der Waals surface area contributed by atoms with Crippen molar-refractivity contribution < 1.29 is 8.78 Å². The number of hydrogen-bond donors (Lipinski definition) is 1. The van der Waals surface area contributed by atoms with Gasteiger partial charge in [-0.3, -0.25) is 0 Å². The van der Waals surface area contributed by atoms with Crippen LogP contribution in [0.1, 0.15) is 48.6 Å². The largest absolute Gasteiger partial charge is 0.305 e. The zero-order valence-electron chi connectivity index (χ0n) is 17.4. The third kappa shape index (κ3) is 4.99. The second-order valence-corrected chi connectivity index (χ2v) is 7.58. The van der Waals surface area contributed by atoms with Gasteiger partial charge in [0.1, 0.15) is 5.82 Å². The van der Waals surface area contributed by atoms with Gasteiger partial charge in [0.2, 0.25) is 11.6 Å². The normalized spacial score (nSPS) is 11.7. The molecule has 0 saturated carbocycles. The summed E-state index contributed by atoms with van der Waals surface area (Å²) in [5.41, 5.74) is 4.16. The lowest BCUT2D eigenvalue weighted by atomic mass is 10.0. The molecule has 2 aromatic carbocycles. The highest BCUT2D eigenvalue weighted by molar-refractivity contribution is 5.55. The highest BCUT2D eigenvalue weighted by Gasteiger charge is 2.31. The quantitative estimate of drug-likeness (QED) is 0.460. The Labute approximate surface area is 178 Å². The SMILES string of the molecule is CCCc1nc(C(C)(F)F)nn1Cc1ccc(Cc2cccc(-c3nn[nH]n3)c2)cc1. The van der Waals surface area contributed by atoms with Gasteiger partial charge in [-0.2, -0.15) is 14.0 Å². The molecule has 1 N–H and O–H groups in total. The summed E-state index contributed by atoms with van der Waals surface area (Å²) in [6.45, 7) is 3.22. The van der Waals surface area contributed by atoms with E-state index in [1.807, 2.05) is 49.4 Å². The van der Waals surface area contributed by atoms with Gasteiger partial charge in [0, 0.05) is 18.9 Å². The van der Waals surface area contributed by atoms with Crippen molar-refractivity contribution in [2.24, 2.45) is 0 Å². The summed E-state index contributed by atoms with van der Waals surface area (Å²) in [6, 6.07) is 16.1. The molecule has 0 aliphatic heterocycles. The number of H-pyrrole nitrogens is 1. The first-order chi connectivity index (χ1) is 14.9. The van der Waals surface area contributed by atoms with E-state index in [0.717, 1.165) is 42.0 Å². The molecule has 2 aromatic heterocycles. The van der Waals surface area contributed by atoms with Crippen molar-refractivity contribution in [1.29, 1.82) is 0 Å². The summed E-state index contributed by atoms with van der Waals surface area (Å²) in [6.07, 6.45) is 2.18. The summed E-state index contributed by atoms with van der Waals surface area (Å²) >= 11 is 0. The number of halogens is 2. The molecule has 0 amide bonds. The molecule has 7 nitrogen and oxygen atoms in total. The lowest BCUT2D eigenvalue weighted by Crippen LogP contribution is -2.11. The monoisotopic (exact) mass is 423 g/mol. The number of nitrogens with zero attached hydrogens (tertiary/aromatic N) is 6. The Morgan fingerprint density at radius 3 is 2.48 bits per heavy atom. The van der Waals surface area contributed by atoms with E-state index < -0.39 is 11.7 Å². The molecule has 0 atom stereocenters. The minimum absolute atomic E-state index is 0.409. The minimum atomic E-state index is -3.05. The number of benzene rings is 2. The molecule has 2 heterocycles. The Bertz CT molecular complexity index is 1130. The molecule has 0 spiro atoms. The molecular formula is C22H23F2N7. The average molecular weight is 423 g/mol. The van der Waals surface area contributed by atoms with Crippen LogP contribution in [0.5, 0.6) is 0 Å². The van der Waals surface area contributed by atoms with Crippen LogP contribution in [-0.4, -0.2) is 35.4 Å². The third-order valence-corrected chi connectivity index (χ3v) is 4.91. The number of alkyl halides is 2. The molecule has 9 heteroatoms. The fourth-order valence-electron chi connectivity index (χ4n) is 3.37. The van der Waals surface area contributed by atoms with Crippen LogP contribution in [0.2, 0.25) is 0 Å². The molecule has 160 valence electrons. The van der Waals surface area contributed by atoms with E-state index in [1.54, 1.807) is 4.68 Å². The van der Waals surface area contributed by atoms with E-state index in [4.69, 9.17) is 0 Å². The Morgan fingerprint density at radius 2 is 1.81 bits per heavy atom. The van der Waals surface area contributed by atoms with Crippen molar-refractivity contribution in [2.45, 2.75) is 45.6 Å². The summed E-state index contributed by atoms with van der Waals surface area (Å²) in [4.78, 5) is 4.06. The van der Waals surface area contributed by atoms with Crippen molar-refractivity contribution in [1.82, 2.24) is 35.4 Å². The first-order valence-electron chi connectivity index (χ1n) is 10.1. The van der Waals surface area contributed by atoms with Crippen LogP contribution in [0.3, 0.4) is 0 Å². The van der Waals surface area contributed by atoms with Crippen LogP contribution >= 0.6 is 0 Å². The van der Waals surface area contributed by atoms with Crippen LogP contribution in [0.15, 0.2) is 48.5 Å². The van der Waals surface area contributed by atoms with Crippen LogP contribution in [0.4, 0.5) is 8.78 Å². The van der Waals surface area contributed by atoms with E-state index in [1.165, 1.54) is 0 Å². The molecular weight excluding hydrogens is 400 g/mol. The van der Waals surface area contributed by atoms with E-state index >= 15 is 0 Å². The maximum atomic E-state index is 13.7. The summed E-state index contributed by atoms with van der Waals surface area (Å²) in [7, 11) is 0. The smallest absolute Gasteiger partial charge is 0.245 e. The van der Waals surface area contributed by atoms with Gasteiger partial charge in [0.05, 0.1) is 6.54 Å². The maximum Gasteiger partial charge on any atom is 0.305 e. The maximum absolute atomic E-state index is 13.7. The minimum Gasteiger partial charge on any atom is -0.245 e. The van der Waals surface area contributed by atoms with E-state index in [2.05, 4.69) is 36.8 Å². The Balaban J connectivity index is 1.48. The molecule has 0 bridgehead atoms. The van der Waals surface area contributed by atoms with Gasteiger partial charge >= 0.3 is 5.92 Å². The van der Waals surface area contributed by atoms with Crippen molar-refractivity contribution in [2.75, 3.05) is 0 Å². The van der Waals surface area contributed by atoms with Gasteiger partial charge in [0.25, 0.3) is 0 Å². The molecule has 0 unspecified atom stereocenters. The third-order valence-electron chi connectivity index (χ3n) is 4.91. The fraction of sp³-hybridized carbons (Fsp3) is 0.318. The molecule has 0 fully saturated rings. The van der Waals surface area contributed by atoms with Gasteiger partial charge in [0.15, 0.2) is 0 Å². The highest BCUT2D eigenvalue weighted by atomic mass is 19.3. The Hall–Kier alpha value is -3.49. The van der Waals surface area contributed by atoms with Crippen LogP contribution < -0.4 is 0 Å². The first kappa shape index (κ1) is 20.8. The number of nitrogens with one attached hydrogen (secondary N) is 1. The number of tetrazole rings is 1. The Morgan fingerprint density at radius 1 is 1.03 bits per heavy atom. The van der Waals surface area contributed by atoms with E-state index in [9.17, 15) is 8.78 Å². The lowest BCUT2D eigenvalue weighted by Gasteiger charge is -2.08. The number of aromatic nitrogens is 7. The molecule has 31 heavy (non-hydrogen) atoms. The van der Waals surface area contributed by atoms with Gasteiger partial charge < -0.3 is 0 Å². The number of rotatable bonds is 8. The fourth-order valence-corrected chi connectivity index (χ4v) is 3.37. The summed E-state index contributed by atoms with van der Waals surface area (Å²) in [5.74, 6) is -2.33.